The number of aromatic nitrogens is 1. The number of hydrogen-bond acceptors (Lipinski definition) is 5. The van der Waals surface area contributed by atoms with Crippen LogP contribution in [-0.2, 0) is 9.47 Å². The van der Waals surface area contributed by atoms with E-state index in [9.17, 15) is 9.59 Å². The van der Waals surface area contributed by atoms with Gasteiger partial charge in [0, 0.05) is 6.20 Å². The molecule has 80 valence electrons. The summed E-state index contributed by atoms with van der Waals surface area (Å²) in [5, 5.41) is 0. The van der Waals surface area contributed by atoms with Gasteiger partial charge in [0.25, 0.3) is 0 Å². The van der Waals surface area contributed by atoms with Crippen LogP contribution in [0.5, 0.6) is 0 Å². The average Bonchev–Trinajstić information content (AvgIpc) is 2.26. The largest absolute Gasteiger partial charge is 0.465 e. The topological polar surface area (TPSA) is 65.5 Å². The van der Waals surface area contributed by atoms with Crippen molar-refractivity contribution in [2.24, 2.45) is 0 Å². The zero-order valence-electron chi connectivity index (χ0n) is 8.73. The molecule has 0 bridgehead atoms. The first-order valence-electron chi connectivity index (χ1n) is 4.23. The van der Waals surface area contributed by atoms with Gasteiger partial charge in [0.15, 0.2) is 0 Å². The Morgan fingerprint density at radius 2 is 1.80 bits per heavy atom. The SMILES string of the molecule is COC(=O)c1cc(C)c(C(=O)OC)cn1. The fourth-order valence-corrected chi connectivity index (χ4v) is 1.10. The predicted octanol–water partition coefficient (Wildman–Crippen LogP) is 0.963. The molecule has 0 amide bonds. The molecule has 0 radical (unpaired) electrons. The summed E-state index contributed by atoms with van der Waals surface area (Å²) in [6, 6.07) is 1.48. The lowest BCUT2D eigenvalue weighted by Gasteiger charge is -2.04. The first-order chi connectivity index (χ1) is 7.10. The second-order valence-corrected chi connectivity index (χ2v) is 2.87. The number of nitrogens with zero attached hydrogens (tertiary/aromatic N) is 1. The smallest absolute Gasteiger partial charge is 0.356 e. The van der Waals surface area contributed by atoms with Crippen molar-refractivity contribution in [2.45, 2.75) is 6.92 Å². The molecule has 0 spiro atoms. The van der Waals surface area contributed by atoms with Gasteiger partial charge in [-0.15, -0.1) is 0 Å². The Morgan fingerprint density at radius 3 is 2.27 bits per heavy atom. The van der Waals surface area contributed by atoms with Crippen molar-refractivity contribution in [3.05, 3.63) is 29.1 Å². The van der Waals surface area contributed by atoms with Crippen LogP contribution < -0.4 is 0 Å². The van der Waals surface area contributed by atoms with Crippen molar-refractivity contribution >= 4 is 11.9 Å². The van der Waals surface area contributed by atoms with E-state index in [4.69, 9.17) is 0 Å². The molecule has 0 aliphatic heterocycles. The highest BCUT2D eigenvalue weighted by atomic mass is 16.5. The molecule has 1 aromatic rings. The molecule has 0 fully saturated rings. The van der Waals surface area contributed by atoms with Gasteiger partial charge in [0.2, 0.25) is 0 Å². The van der Waals surface area contributed by atoms with Gasteiger partial charge in [0.05, 0.1) is 19.8 Å². The lowest BCUT2D eigenvalue weighted by atomic mass is 10.1. The van der Waals surface area contributed by atoms with Crippen LogP contribution in [0.15, 0.2) is 12.3 Å². The fraction of sp³-hybridized carbons (Fsp3) is 0.300. The molecule has 1 rings (SSSR count). The van der Waals surface area contributed by atoms with Gasteiger partial charge in [-0.3, -0.25) is 0 Å². The standard InChI is InChI=1S/C10H11NO4/c1-6-4-8(10(13)15-3)11-5-7(6)9(12)14-2/h4-5H,1-3H3. The summed E-state index contributed by atoms with van der Waals surface area (Å²) in [5.74, 6) is -1.01. The Kier molecular flexibility index (Phi) is 3.38. The first kappa shape index (κ1) is 11.2. The van der Waals surface area contributed by atoms with Gasteiger partial charge in [-0.05, 0) is 18.6 Å². The van der Waals surface area contributed by atoms with Crippen molar-refractivity contribution in [1.29, 1.82) is 0 Å². The number of carbonyl (C=O) groups is 2. The summed E-state index contributed by atoms with van der Waals surface area (Å²) in [5.41, 5.74) is 1.13. The Morgan fingerprint density at radius 1 is 1.20 bits per heavy atom. The molecule has 0 aliphatic carbocycles. The van der Waals surface area contributed by atoms with Gasteiger partial charge in [0.1, 0.15) is 5.69 Å². The first-order valence-corrected chi connectivity index (χ1v) is 4.23. The third-order valence-electron chi connectivity index (χ3n) is 1.91. The number of hydrogen-bond donors (Lipinski definition) is 0. The summed E-state index contributed by atoms with van der Waals surface area (Å²) in [7, 11) is 2.56. The molecule has 0 N–H and O–H groups in total. The molecule has 0 aromatic carbocycles. The van der Waals surface area contributed by atoms with Gasteiger partial charge in [-0.1, -0.05) is 0 Å². The predicted molar refractivity (Wildman–Crippen MR) is 51.7 cm³/mol. The minimum Gasteiger partial charge on any atom is -0.465 e. The van der Waals surface area contributed by atoms with Crippen molar-refractivity contribution < 1.29 is 19.1 Å². The second kappa shape index (κ2) is 4.54. The van der Waals surface area contributed by atoms with E-state index in [2.05, 4.69) is 14.5 Å². The monoisotopic (exact) mass is 209 g/mol. The maximum atomic E-state index is 11.2. The van der Waals surface area contributed by atoms with Crippen molar-refractivity contribution in [2.75, 3.05) is 14.2 Å². The van der Waals surface area contributed by atoms with Crippen LogP contribution in [0.2, 0.25) is 0 Å². The maximum Gasteiger partial charge on any atom is 0.356 e. The molecule has 0 atom stereocenters. The van der Waals surface area contributed by atoms with E-state index in [1.807, 2.05) is 0 Å². The molecule has 0 saturated heterocycles. The van der Waals surface area contributed by atoms with Crippen LogP contribution in [0.3, 0.4) is 0 Å². The van der Waals surface area contributed by atoms with E-state index < -0.39 is 11.9 Å². The molecular weight excluding hydrogens is 198 g/mol. The number of methoxy groups -OCH3 is 2. The molecule has 0 unspecified atom stereocenters. The molecule has 1 aromatic heterocycles. The minimum absolute atomic E-state index is 0.169. The van der Waals surface area contributed by atoms with E-state index in [1.165, 1.54) is 26.5 Å². The normalized spacial score (nSPS) is 9.53. The van der Waals surface area contributed by atoms with E-state index >= 15 is 0 Å². The zero-order valence-corrected chi connectivity index (χ0v) is 8.73. The number of carbonyl (C=O) groups excluding carboxylic acids is 2. The number of rotatable bonds is 2. The van der Waals surface area contributed by atoms with Crippen LogP contribution in [-0.4, -0.2) is 31.1 Å². The lowest BCUT2D eigenvalue weighted by molar-refractivity contribution is 0.0580. The average molecular weight is 209 g/mol. The molecule has 15 heavy (non-hydrogen) atoms. The summed E-state index contributed by atoms with van der Waals surface area (Å²) in [6.07, 6.45) is 1.30. The Bertz CT molecular complexity index is 400. The Balaban J connectivity index is 3.08. The molecule has 1 heterocycles. The maximum absolute atomic E-state index is 11.2. The Labute approximate surface area is 87.0 Å². The van der Waals surface area contributed by atoms with Crippen LogP contribution in [0.4, 0.5) is 0 Å². The number of aryl methyl sites for hydroxylation is 1. The van der Waals surface area contributed by atoms with Gasteiger partial charge in [-0.2, -0.15) is 0 Å². The number of pyridine rings is 1. The van der Waals surface area contributed by atoms with Gasteiger partial charge < -0.3 is 9.47 Å². The third kappa shape index (κ3) is 2.31. The van der Waals surface area contributed by atoms with E-state index in [0.717, 1.165) is 0 Å². The zero-order chi connectivity index (χ0) is 11.4. The summed E-state index contributed by atoms with van der Waals surface area (Å²) < 4.78 is 9.05. The number of esters is 2. The lowest BCUT2D eigenvalue weighted by Crippen LogP contribution is -2.09. The van der Waals surface area contributed by atoms with Crippen LogP contribution >= 0.6 is 0 Å². The Hall–Kier alpha value is -1.91. The van der Waals surface area contributed by atoms with E-state index in [0.29, 0.717) is 11.1 Å². The molecule has 0 saturated carbocycles. The summed E-state index contributed by atoms with van der Waals surface area (Å²) in [6.45, 7) is 1.69. The van der Waals surface area contributed by atoms with Crippen LogP contribution in [0, 0.1) is 6.92 Å². The summed E-state index contributed by atoms with van der Waals surface area (Å²) >= 11 is 0. The molecule has 5 nitrogen and oxygen atoms in total. The van der Waals surface area contributed by atoms with Gasteiger partial charge in [-0.25, -0.2) is 14.6 Å². The molecule has 0 aliphatic rings. The molecular formula is C10H11NO4. The van der Waals surface area contributed by atoms with Crippen molar-refractivity contribution in [3.8, 4) is 0 Å². The summed E-state index contributed by atoms with van der Waals surface area (Å²) in [4.78, 5) is 26.1. The quantitative estimate of drug-likeness (QED) is 0.679. The van der Waals surface area contributed by atoms with Crippen molar-refractivity contribution in [3.63, 3.8) is 0 Å². The van der Waals surface area contributed by atoms with Gasteiger partial charge >= 0.3 is 11.9 Å². The minimum atomic E-state index is -0.533. The highest BCUT2D eigenvalue weighted by molar-refractivity contribution is 5.93. The van der Waals surface area contributed by atoms with E-state index in [1.54, 1.807) is 6.92 Å². The fourth-order valence-electron chi connectivity index (χ4n) is 1.10. The van der Waals surface area contributed by atoms with Crippen LogP contribution in [0.25, 0.3) is 0 Å². The molecule has 5 heteroatoms. The highest BCUT2D eigenvalue weighted by Gasteiger charge is 2.13. The number of ether oxygens (including phenoxy) is 2. The van der Waals surface area contributed by atoms with Crippen LogP contribution in [0.1, 0.15) is 26.4 Å². The van der Waals surface area contributed by atoms with Crippen molar-refractivity contribution in [1.82, 2.24) is 4.98 Å². The van der Waals surface area contributed by atoms with E-state index in [-0.39, 0.29) is 5.69 Å². The third-order valence-corrected chi connectivity index (χ3v) is 1.91. The highest BCUT2D eigenvalue weighted by Crippen LogP contribution is 2.10. The second-order valence-electron chi connectivity index (χ2n) is 2.87.